The minimum Gasteiger partial charge on any atom is -0.379 e. The zero-order chi connectivity index (χ0) is 23.1. The Kier molecular flexibility index (Phi) is 14.3. The largest absolute Gasteiger partial charge is 0.379 e. The topological polar surface area (TPSA) is 60.4 Å². The molecule has 0 amide bonds. The maximum atomic E-state index is 9.99. The predicted octanol–water partition coefficient (Wildman–Crippen LogP) is 5.26. The molecular weight excluding hydrogens is 406 g/mol. The molecule has 2 aliphatic rings. The van der Waals surface area contributed by atoms with Crippen molar-refractivity contribution in [2.75, 3.05) is 39.5 Å². The molecule has 0 aromatic heterocycles. The fraction of sp³-hybridized carbons (Fsp3) is 1.00. The normalized spacial score (nSPS) is 24.9. The Morgan fingerprint density at radius 2 is 1.59 bits per heavy atom. The van der Waals surface area contributed by atoms with Gasteiger partial charge in [-0.25, -0.2) is 0 Å². The molecule has 0 aliphatic carbocycles. The van der Waals surface area contributed by atoms with Gasteiger partial charge in [0.2, 0.25) is 0 Å². The Balaban J connectivity index is 1.61. The van der Waals surface area contributed by atoms with Crippen LogP contribution in [0, 0.1) is 0 Å². The third kappa shape index (κ3) is 12.9. The van der Waals surface area contributed by atoms with Crippen LogP contribution < -0.4 is 0 Å². The van der Waals surface area contributed by atoms with Crippen LogP contribution in [-0.2, 0) is 18.9 Å². The quantitative estimate of drug-likeness (QED) is 0.224. The van der Waals surface area contributed by atoms with Gasteiger partial charge in [-0.3, -0.25) is 0 Å². The van der Waals surface area contributed by atoms with Crippen molar-refractivity contribution in [1.82, 2.24) is 4.90 Å². The van der Waals surface area contributed by atoms with E-state index in [0.717, 1.165) is 32.6 Å². The maximum Gasteiger partial charge on any atom is 0.164 e. The van der Waals surface area contributed by atoms with Gasteiger partial charge in [0.25, 0.3) is 0 Å². The van der Waals surface area contributed by atoms with Gasteiger partial charge >= 0.3 is 0 Å². The van der Waals surface area contributed by atoms with Gasteiger partial charge < -0.3 is 29.0 Å². The fourth-order valence-corrected chi connectivity index (χ4v) is 4.64. The summed E-state index contributed by atoms with van der Waals surface area (Å²) in [5.74, 6) is -1.21. The van der Waals surface area contributed by atoms with Crippen LogP contribution in [-0.4, -0.2) is 73.7 Å². The molecule has 2 saturated heterocycles. The van der Waals surface area contributed by atoms with E-state index in [2.05, 4.69) is 11.8 Å². The van der Waals surface area contributed by atoms with Gasteiger partial charge in [-0.05, 0) is 52.6 Å². The maximum absolute atomic E-state index is 9.99. The van der Waals surface area contributed by atoms with Gasteiger partial charge in [-0.2, -0.15) is 0 Å². The van der Waals surface area contributed by atoms with Crippen molar-refractivity contribution in [3.63, 3.8) is 0 Å². The molecule has 1 N–H and O–H groups in total. The second kappa shape index (κ2) is 16.4. The Morgan fingerprint density at radius 1 is 0.906 bits per heavy atom. The highest BCUT2D eigenvalue weighted by molar-refractivity contribution is 4.80. The number of hydrogen-bond donors (Lipinski definition) is 1. The lowest BCUT2D eigenvalue weighted by atomic mass is 10.1. The van der Waals surface area contributed by atoms with E-state index in [9.17, 15) is 5.11 Å². The van der Waals surface area contributed by atoms with E-state index in [1.165, 1.54) is 77.3 Å². The minimum absolute atomic E-state index is 0.0333. The van der Waals surface area contributed by atoms with Crippen LogP contribution in [0.25, 0.3) is 0 Å². The van der Waals surface area contributed by atoms with Gasteiger partial charge in [0.05, 0.1) is 12.7 Å². The lowest BCUT2D eigenvalue weighted by molar-refractivity contribution is -0.270. The highest BCUT2D eigenvalue weighted by atomic mass is 16.8. The van der Waals surface area contributed by atoms with Crippen molar-refractivity contribution in [3.05, 3.63) is 0 Å². The molecule has 0 unspecified atom stereocenters. The Labute approximate surface area is 197 Å². The average Bonchev–Trinajstić information content (AvgIpc) is 3.12. The van der Waals surface area contributed by atoms with Crippen LogP contribution in [0.2, 0.25) is 0 Å². The summed E-state index contributed by atoms with van der Waals surface area (Å²) in [6.45, 7) is 11.1. The van der Waals surface area contributed by atoms with Crippen molar-refractivity contribution in [3.8, 4) is 0 Å². The highest BCUT2D eigenvalue weighted by Crippen LogP contribution is 2.27. The standard InChI is InChI=1S/C26H51NO5/c1-4-5-6-7-8-9-10-14-20-30-23-21-25(32-26(2,3)28)31-24(23)22-29-19-15-18-27-16-12-11-13-17-27/h23-25,28H,4-22H2,1-3H3/t23-,24-,25-/m1/s1. The smallest absolute Gasteiger partial charge is 0.164 e. The van der Waals surface area contributed by atoms with E-state index < -0.39 is 12.1 Å². The molecule has 32 heavy (non-hydrogen) atoms. The SMILES string of the molecule is CCCCCCCCCCO[C@@H]1C[C@@H](OC(C)(C)O)O[C@@H]1COCCCN1CCCCC1. The predicted molar refractivity (Wildman–Crippen MR) is 129 cm³/mol. The second-order valence-electron chi connectivity index (χ2n) is 10.1. The van der Waals surface area contributed by atoms with Crippen LogP contribution in [0.3, 0.4) is 0 Å². The van der Waals surface area contributed by atoms with E-state index in [4.69, 9.17) is 18.9 Å². The summed E-state index contributed by atoms with van der Waals surface area (Å²) in [5, 5.41) is 9.99. The molecule has 2 rings (SSSR count). The molecule has 190 valence electrons. The van der Waals surface area contributed by atoms with E-state index >= 15 is 0 Å². The summed E-state index contributed by atoms with van der Waals surface area (Å²) in [4.78, 5) is 2.54. The van der Waals surface area contributed by atoms with Crippen LogP contribution in [0.5, 0.6) is 0 Å². The lowest BCUT2D eigenvalue weighted by Gasteiger charge is -2.26. The van der Waals surface area contributed by atoms with Gasteiger partial charge in [-0.1, -0.05) is 58.3 Å². The minimum atomic E-state index is -1.21. The van der Waals surface area contributed by atoms with E-state index in [0.29, 0.717) is 13.0 Å². The van der Waals surface area contributed by atoms with E-state index in [-0.39, 0.29) is 12.2 Å². The number of rotatable bonds is 18. The van der Waals surface area contributed by atoms with Gasteiger partial charge in [0, 0.05) is 26.2 Å². The van der Waals surface area contributed by atoms with Crippen molar-refractivity contribution in [2.24, 2.45) is 0 Å². The number of unbranched alkanes of at least 4 members (excludes halogenated alkanes) is 7. The summed E-state index contributed by atoms with van der Waals surface area (Å²) in [7, 11) is 0. The lowest BCUT2D eigenvalue weighted by Crippen LogP contribution is -2.32. The third-order valence-corrected chi connectivity index (χ3v) is 6.41. The molecule has 0 spiro atoms. The Hall–Kier alpha value is -0.240. The molecule has 0 radical (unpaired) electrons. The Bertz CT molecular complexity index is 450. The molecule has 0 saturated carbocycles. The number of hydrogen-bond acceptors (Lipinski definition) is 6. The van der Waals surface area contributed by atoms with Gasteiger partial charge in [0.15, 0.2) is 12.1 Å². The van der Waals surface area contributed by atoms with E-state index in [1.54, 1.807) is 13.8 Å². The van der Waals surface area contributed by atoms with Crippen LogP contribution in [0.1, 0.15) is 104 Å². The van der Waals surface area contributed by atoms with Gasteiger partial charge in [0.1, 0.15) is 6.10 Å². The van der Waals surface area contributed by atoms with Gasteiger partial charge in [-0.15, -0.1) is 0 Å². The molecule has 0 bridgehead atoms. The van der Waals surface area contributed by atoms with E-state index in [1.807, 2.05) is 0 Å². The molecule has 2 heterocycles. The summed E-state index contributed by atoms with van der Waals surface area (Å²) >= 11 is 0. The second-order valence-corrected chi connectivity index (χ2v) is 10.1. The van der Waals surface area contributed by atoms with Crippen molar-refractivity contribution < 1.29 is 24.1 Å². The Morgan fingerprint density at radius 3 is 2.28 bits per heavy atom. The first-order valence-electron chi connectivity index (χ1n) is 13.5. The summed E-state index contributed by atoms with van der Waals surface area (Å²) in [6.07, 6.45) is 15.5. The monoisotopic (exact) mass is 457 g/mol. The summed E-state index contributed by atoms with van der Waals surface area (Å²) in [5.41, 5.74) is 0. The van der Waals surface area contributed by atoms with Crippen molar-refractivity contribution >= 4 is 0 Å². The zero-order valence-corrected chi connectivity index (χ0v) is 21.2. The molecule has 0 aromatic rings. The first-order chi connectivity index (χ1) is 15.5. The molecular formula is C26H51NO5. The zero-order valence-electron chi connectivity index (χ0n) is 21.2. The van der Waals surface area contributed by atoms with Crippen LogP contribution >= 0.6 is 0 Å². The third-order valence-electron chi connectivity index (χ3n) is 6.41. The first-order valence-corrected chi connectivity index (χ1v) is 13.5. The highest BCUT2D eigenvalue weighted by Gasteiger charge is 2.39. The van der Waals surface area contributed by atoms with Crippen molar-refractivity contribution in [1.29, 1.82) is 0 Å². The molecule has 2 aliphatic heterocycles. The summed E-state index contributed by atoms with van der Waals surface area (Å²) in [6, 6.07) is 0. The number of likely N-dealkylation sites (tertiary alicyclic amines) is 1. The molecule has 0 aromatic carbocycles. The fourth-order valence-electron chi connectivity index (χ4n) is 4.64. The summed E-state index contributed by atoms with van der Waals surface area (Å²) < 4.78 is 23.8. The molecule has 3 atom stereocenters. The van der Waals surface area contributed by atoms with Crippen molar-refractivity contribution in [2.45, 2.75) is 129 Å². The molecule has 6 nitrogen and oxygen atoms in total. The van der Waals surface area contributed by atoms with Crippen LogP contribution in [0.4, 0.5) is 0 Å². The van der Waals surface area contributed by atoms with Crippen LogP contribution in [0.15, 0.2) is 0 Å². The first kappa shape index (κ1) is 28.0. The number of ether oxygens (including phenoxy) is 4. The molecule has 6 heteroatoms. The number of piperidine rings is 1. The molecule has 2 fully saturated rings. The number of aliphatic hydroxyl groups is 1. The number of nitrogens with zero attached hydrogens (tertiary/aromatic N) is 1. The average molecular weight is 458 g/mol.